The Labute approximate surface area is 223 Å². The zero-order chi connectivity index (χ0) is 26.5. The van der Waals surface area contributed by atoms with Gasteiger partial charge in [0.1, 0.15) is 17.6 Å². The molecule has 1 N–H and O–H groups in total. The van der Waals surface area contributed by atoms with E-state index >= 15 is 0 Å². The number of rotatable bonds is 9. The van der Waals surface area contributed by atoms with E-state index in [1.807, 2.05) is 32.8 Å². The van der Waals surface area contributed by atoms with Gasteiger partial charge in [0.2, 0.25) is 10.0 Å². The van der Waals surface area contributed by atoms with Crippen molar-refractivity contribution in [3.05, 3.63) is 39.5 Å². The Bertz CT molecular complexity index is 1630. The Balaban J connectivity index is 1.70. The van der Waals surface area contributed by atoms with Crippen LogP contribution in [0.5, 0.6) is 5.75 Å². The number of fused-ring (bicyclic) bond motifs is 3. The highest BCUT2D eigenvalue weighted by molar-refractivity contribution is 9.10. The van der Waals surface area contributed by atoms with Crippen LogP contribution in [0.15, 0.2) is 38.7 Å². The van der Waals surface area contributed by atoms with Gasteiger partial charge in [0.05, 0.1) is 27.2 Å². The van der Waals surface area contributed by atoms with Gasteiger partial charge >= 0.3 is 5.69 Å². The molecule has 1 fully saturated rings. The van der Waals surface area contributed by atoms with Crippen LogP contribution < -0.4 is 10.4 Å². The van der Waals surface area contributed by atoms with Crippen molar-refractivity contribution in [1.82, 2.24) is 33.4 Å². The molecule has 0 saturated carbocycles. The lowest BCUT2D eigenvalue weighted by Crippen LogP contribution is -2.58. The Kier molecular flexibility index (Phi) is 6.90. The fourth-order valence-corrected chi connectivity index (χ4v) is 6.83. The fourth-order valence-electron chi connectivity index (χ4n) is 4.56. The molecule has 4 heterocycles. The van der Waals surface area contributed by atoms with E-state index in [4.69, 9.17) is 4.74 Å². The lowest BCUT2D eigenvalue weighted by atomic mass is 10.1. The van der Waals surface area contributed by atoms with Crippen LogP contribution in [0.25, 0.3) is 27.9 Å². The number of nitrogens with zero attached hydrogens (tertiary/aromatic N) is 6. The third-order valence-electron chi connectivity index (χ3n) is 6.72. The van der Waals surface area contributed by atoms with Crippen LogP contribution >= 0.6 is 15.9 Å². The number of H-pyrrole nitrogens is 1. The summed E-state index contributed by atoms with van der Waals surface area (Å²) in [4.78, 5) is 18.8. The minimum Gasteiger partial charge on any atom is -0.493 e. The van der Waals surface area contributed by atoms with Crippen molar-refractivity contribution in [2.75, 3.05) is 33.8 Å². The average Bonchev–Trinajstić information content (AvgIpc) is 3.44. The summed E-state index contributed by atoms with van der Waals surface area (Å²) in [6, 6.07) is 5.13. The Morgan fingerprint density at radius 1 is 1.22 bits per heavy atom. The number of hydrogen-bond donors (Lipinski definition) is 1. The van der Waals surface area contributed by atoms with E-state index in [1.165, 1.54) is 15.0 Å². The van der Waals surface area contributed by atoms with Gasteiger partial charge in [-0.2, -0.15) is 4.31 Å². The van der Waals surface area contributed by atoms with Crippen molar-refractivity contribution in [3.8, 4) is 17.0 Å². The summed E-state index contributed by atoms with van der Waals surface area (Å²) in [5.74, 6) is 0.546. The number of nitrogens with one attached hydrogen (secondary N) is 1. The Morgan fingerprint density at radius 3 is 2.65 bits per heavy atom. The van der Waals surface area contributed by atoms with Gasteiger partial charge in [-0.25, -0.2) is 17.6 Å². The highest BCUT2D eigenvalue weighted by atomic mass is 79.9. The first-order valence-corrected chi connectivity index (χ1v) is 14.5. The zero-order valence-electron chi connectivity index (χ0n) is 21.2. The van der Waals surface area contributed by atoms with Crippen molar-refractivity contribution in [1.29, 1.82) is 0 Å². The number of aromatic nitrogens is 5. The first-order valence-electron chi connectivity index (χ1n) is 12.3. The van der Waals surface area contributed by atoms with Crippen LogP contribution in [0.1, 0.15) is 26.7 Å². The minimum absolute atomic E-state index is 0.188. The van der Waals surface area contributed by atoms with Gasteiger partial charge < -0.3 is 14.6 Å². The maximum Gasteiger partial charge on any atom is 0.335 e. The molecule has 0 amide bonds. The second-order valence-corrected chi connectivity index (χ2v) is 12.2. The normalized spacial score (nSPS) is 15.2. The SMILES string of the molecule is CCCOc1ccc(S(=O)(=O)N2CC(N(C)C)C2)cc1-c1[nH]c2c(c1Br)n(CCC)c(=O)n1cnnc21. The van der Waals surface area contributed by atoms with Crippen molar-refractivity contribution in [2.45, 2.75) is 44.2 Å². The molecule has 11 nitrogen and oxygen atoms in total. The average molecular weight is 593 g/mol. The molecule has 0 unspecified atom stereocenters. The van der Waals surface area contributed by atoms with E-state index in [-0.39, 0.29) is 16.6 Å². The van der Waals surface area contributed by atoms with Gasteiger partial charge in [-0.3, -0.25) is 4.57 Å². The maximum atomic E-state index is 13.5. The van der Waals surface area contributed by atoms with Crippen LogP contribution in [-0.4, -0.2) is 81.6 Å². The van der Waals surface area contributed by atoms with Gasteiger partial charge in [-0.1, -0.05) is 13.8 Å². The van der Waals surface area contributed by atoms with Gasteiger partial charge in [0.15, 0.2) is 5.65 Å². The van der Waals surface area contributed by atoms with Crippen molar-refractivity contribution in [3.63, 3.8) is 0 Å². The topological polar surface area (TPSA) is 118 Å². The number of aromatic amines is 1. The standard InChI is InChI=1S/C24H30BrN7O4S/c1-5-9-31-22-19(25)20(27-21(22)23-28-26-14-32(23)24(31)33)17-11-16(7-8-18(17)36-10-6-2)37(34,35)30-12-15(13-30)29(3)4/h7-8,11,14-15,27H,5-6,9-10,12-13H2,1-4H3. The molecule has 0 bridgehead atoms. The lowest BCUT2D eigenvalue weighted by molar-refractivity contribution is 0.134. The molecular weight excluding hydrogens is 562 g/mol. The van der Waals surface area contributed by atoms with Crippen LogP contribution in [-0.2, 0) is 16.6 Å². The van der Waals surface area contributed by atoms with E-state index in [1.54, 1.807) is 22.8 Å². The van der Waals surface area contributed by atoms with E-state index in [2.05, 4.69) is 31.1 Å². The van der Waals surface area contributed by atoms with Crippen molar-refractivity contribution in [2.24, 2.45) is 0 Å². The lowest BCUT2D eigenvalue weighted by Gasteiger charge is -2.41. The number of likely N-dealkylation sites (N-methyl/N-ethyl adjacent to an activating group) is 1. The van der Waals surface area contributed by atoms with E-state index in [9.17, 15) is 13.2 Å². The van der Waals surface area contributed by atoms with Crippen LogP contribution in [0.2, 0.25) is 0 Å². The molecule has 0 radical (unpaired) electrons. The largest absolute Gasteiger partial charge is 0.493 e. The predicted octanol–water partition coefficient (Wildman–Crippen LogP) is 2.94. The highest BCUT2D eigenvalue weighted by Crippen LogP contribution is 2.41. The van der Waals surface area contributed by atoms with Crippen LogP contribution in [0, 0.1) is 0 Å². The molecule has 0 spiro atoms. The molecule has 1 aromatic carbocycles. The quantitative estimate of drug-likeness (QED) is 0.318. The third-order valence-corrected chi connectivity index (χ3v) is 9.32. The van der Waals surface area contributed by atoms with Gasteiger partial charge in [-0.15, -0.1) is 10.2 Å². The summed E-state index contributed by atoms with van der Waals surface area (Å²) in [5.41, 5.74) is 2.61. The fraction of sp³-hybridized carbons (Fsp3) is 0.458. The molecular formula is C24H30BrN7O4S. The molecule has 5 rings (SSSR count). The molecule has 0 atom stereocenters. The molecule has 1 aliphatic heterocycles. The van der Waals surface area contributed by atoms with Gasteiger partial charge in [0.25, 0.3) is 0 Å². The number of hydrogen-bond acceptors (Lipinski definition) is 7. The smallest absolute Gasteiger partial charge is 0.335 e. The summed E-state index contributed by atoms with van der Waals surface area (Å²) >= 11 is 3.70. The molecule has 198 valence electrons. The minimum atomic E-state index is -3.69. The molecule has 0 aliphatic carbocycles. The van der Waals surface area contributed by atoms with Crippen molar-refractivity contribution >= 4 is 42.6 Å². The van der Waals surface area contributed by atoms with E-state index in [0.717, 1.165) is 12.8 Å². The van der Waals surface area contributed by atoms with E-state index < -0.39 is 10.0 Å². The summed E-state index contributed by atoms with van der Waals surface area (Å²) < 4.78 is 38.1. The number of halogens is 1. The van der Waals surface area contributed by atoms with E-state index in [0.29, 0.717) is 64.4 Å². The number of ether oxygens (including phenoxy) is 1. The maximum absolute atomic E-state index is 13.5. The molecule has 13 heteroatoms. The monoisotopic (exact) mass is 591 g/mol. The summed E-state index contributed by atoms with van der Waals surface area (Å²) in [6.07, 6.45) is 2.94. The Morgan fingerprint density at radius 2 is 1.97 bits per heavy atom. The number of sulfonamides is 1. The van der Waals surface area contributed by atoms with Crippen molar-refractivity contribution < 1.29 is 13.2 Å². The summed E-state index contributed by atoms with van der Waals surface area (Å²) in [7, 11) is 0.210. The van der Waals surface area contributed by atoms with Crippen LogP contribution in [0.3, 0.4) is 0 Å². The van der Waals surface area contributed by atoms with Gasteiger partial charge in [0, 0.05) is 31.2 Å². The number of benzene rings is 1. The molecule has 4 aromatic rings. The zero-order valence-corrected chi connectivity index (χ0v) is 23.6. The Hall–Kier alpha value is -2.74. The molecule has 37 heavy (non-hydrogen) atoms. The second kappa shape index (κ2) is 9.86. The first-order chi connectivity index (χ1) is 17.7. The summed E-state index contributed by atoms with van der Waals surface area (Å²) in [6.45, 7) is 5.87. The summed E-state index contributed by atoms with van der Waals surface area (Å²) in [5, 5.41) is 8.09. The highest BCUT2D eigenvalue weighted by Gasteiger charge is 2.38. The number of aryl methyl sites for hydroxylation is 1. The first kappa shape index (κ1) is 25.9. The van der Waals surface area contributed by atoms with Gasteiger partial charge in [-0.05, 0) is 61.1 Å². The third kappa shape index (κ3) is 4.27. The van der Waals surface area contributed by atoms with Crippen LogP contribution in [0.4, 0.5) is 0 Å². The molecule has 1 aliphatic rings. The predicted molar refractivity (Wildman–Crippen MR) is 145 cm³/mol. The molecule has 1 saturated heterocycles. The second-order valence-electron chi connectivity index (χ2n) is 9.44. The molecule has 3 aromatic heterocycles.